The predicted octanol–water partition coefficient (Wildman–Crippen LogP) is 4.06. The van der Waals surface area contributed by atoms with Crippen LogP contribution in [-0.4, -0.2) is 34.8 Å². The van der Waals surface area contributed by atoms with Crippen molar-refractivity contribution < 1.29 is 14.3 Å². The number of ether oxygens (including phenoxy) is 2. The van der Waals surface area contributed by atoms with Crippen LogP contribution >= 0.6 is 15.9 Å². The van der Waals surface area contributed by atoms with Gasteiger partial charge in [-0.3, -0.25) is 4.79 Å². The Morgan fingerprint density at radius 3 is 2.66 bits per heavy atom. The van der Waals surface area contributed by atoms with E-state index in [9.17, 15) is 4.79 Å². The maximum atomic E-state index is 13.5. The van der Waals surface area contributed by atoms with E-state index in [1.54, 1.807) is 18.9 Å². The van der Waals surface area contributed by atoms with Gasteiger partial charge in [-0.25, -0.2) is 4.68 Å². The molecular formula is C23H22BrN5O3. The summed E-state index contributed by atoms with van der Waals surface area (Å²) < 4.78 is 13.4. The maximum absolute atomic E-state index is 13.5. The monoisotopic (exact) mass is 495 g/mol. The topological polar surface area (TPSA) is 104 Å². The Hall–Kier alpha value is -3.33. The van der Waals surface area contributed by atoms with Gasteiger partial charge < -0.3 is 20.5 Å². The number of benzene rings is 2. The minimum atomic E-state index is -0.387. The molecule has 0 spiro atoms. The van der Waals surface area contributed by atoms with Crippen LogP contribution in [0.4, 0.5) is 11.9 Å². The zero-order valence-electron chi connectivity index (χ0n) is 17.6. The molecule has 0 radical (unpaired) electrons. The average molecular weight is 496 g/mol. The van der Waals surface area contributed by atoms with Gasteiger partial charge in [-0.15, -0.1) is 5.10 Å². The second kappa shape index (κ2) is 7.98. The molecule has 0 amide bonds. The number of nitrogen functional groups attached to an aromatic ring is 1. The Morgan fingerprint density at radius 2 is 1.91 bits per heavy atom. The molecule has 2 heterocycles. The van der Waals surface area contributed by atoms with Gasteiger partial charge in [-0.1, -0.05) is 34.1 Å². The number of nitrogens with two attached hydrogens (primary N) is 1. The molecule has 9 heteroatoms. The van der Waals surface area contributed by atoms with Gasteiger partial charge in [-0.2, -0.15) is 4.98 Å². The van der Waals surface area contributed by atoms with Gasteiger partial charge >= 0.3 is 0 Å². The largest absolute Gasteiger partial charge is 0.493 e. The number of rotatable bonds is 4. The molecule has 0 bridgehead atoms. The number of Topliss-reactive ketones (excluding diaryl/α,β-unsaturated/α-hetero) is 1. The number of hydrogen-bond acceptors (Lipinski definition) is 7. The van der Waals surface area contributed by atoms with Gasteiger partial charge in [0.1, 0.15) is 6.04 Å². The number of aromatic nitrogens is 3. The number of nitrogens with one attached hydrogen (secondary N) is 1. The molecule has 0 saturated heterocycles. The summed E-state index contributed by atoms with van der Waals surface area (Å²) in [4.78, 5) is 17.9. The van der Waals surface area contributed by atoms with E-state index in [1.165, 1.54) is 0 Å². The number of hydrogen-bond donors (Lipinski definition) is 2. The van der Waals surface area contributed by atoms with Gasteiger partial charge in [0.25, 0.3) is 0 Å². The molecule has 164 valence electrons. The van der Waals surface area contributed by atoms with E-state index in [4.69, 9.17) is 15.2 Å². The van der Waals surface area contributed by atoms with Crippen LogP contribution in [-0.2, 0) is 4.79 Å². The van der Waals surface area contributed by atoms with Crippen molar-refractivity contribution in [3.05, 3.63) is 69.3 Å². The lowest BCUT2D eigenvalue weighted by Crippen LogP contribution is -2.33. The molecule has 0 unspecified atom stereocenters. The molecule has 1 aromatic heterocycles. The molecule has 8 nitrogen and oxygen atoms in total. The van der Waals surface area contributed by atoms with Crippen molar-refractivity contribution in [3.8, 4) is 11.5 Å². The first-order valence-corrected chi connectivity index (χ1v) is 11.0. The lowest BCUT2D eigenvalue weighted by Gasteiger charge is -2.35. The Balaban J connectivity index is 1.58. The highest BCUT2D eigenvalue weighted by atomic mass is 79.9. The van der Waals surface area contributed by atoms with Gasteiger partial charge in [-0.05, 0) is 47.7 Å². The average Bonchev–Trinajstić information content (AvgIpc) is 3.16. The summed E-state index contributed by atoms with van der Waals surface area (Å²) >= 11 is 3.53. The number of carbonyl (C=O) groups excluding carboxylic acids is 1. The third-order valence-corrected chi connectivity index (χ3v) is 6.47. The van der Waals surface area contributed by atoms with Crippen molar-refractivity contribution in [2.75, 3.05) is 25.3 Å². The number of carbonyl (C=O) groups is 1. The predicted molar refractivity (Wildman–Crippen MR) is 124 cm³/mol. The Kier molecular flexibility index (Phi) is 5.13. The highest BCUT2D eigenvalue weighted by Crippen LogP contribution is 2.45. The van der Waals surface area contributed by atoms with E-state index < -0.39 is 0 Å². The third kappa shape index (κ3) is 3.42. The third-order valence-electron chi connectivity index (χ3n) is 5.98. The number of fused-ring (bicyclic) bond motifs is 1. The Bertz CT molecular complexity index is 1250. The number of allylic oxidation sites excluding steroid dienone is 2. The Labute approximate surface area is 193 Å². The van der Waals surface area contributed by atoms with Gasteiger partial charge in [0, 0.05) is 22.2 Å². The molecule has 2 aromatic carbocycles. The van der Waals surface area contributed by atoms with E-state index in [2.05, 4.69) is 31.3 Å². The molecular weight excluding hydrogens is 474 g/mol. The summed E-state index contributed by atoms with van der Waals surface area (Å²) in [5.74, 6) is 2.08. The molecule has 32 heavy (non-hydrogen) atoms. The quantitative estimate of drug-likeness (QED) is 0.562. The zero-order valence-corrected chi connectivity index (χ0v) is 19.2. The van der Waals surface area contributed by atoms with Crippen LogP contribution in [0.5, 0.6) is 11.5 Å². The Morgan fingerprint density at radius 1 is 1.09 bits per heavy atom. The molecule has 0 saturated carbocycles. The number of halogens is 1. The first kappa shape index (κ1) is 20.6. The smallest absolute Gasteiger partial charge is 0.241 e. The van der Waals surface area contributed by atoms with Gasteiger partial charge in [0.2, 0.25) is 11.9 Å². The fraction of sp³-hybridized carbons (Fsp3) is 0.261. The zero-order chi connectivity index (χ0) is 22.4. The minimum Gasteiger partial charge on any atom is -0.493 e. The van der Waals surface area contributed by atoms with Crippen molar-refractivity contribution in [2.24, 2.45) is 0 Å². The number of methoxy groups -OCH3 is 2. The molecule has 0 fully saturated rings. The van der Waals surface area contributed by atoms with E-state index in [0.717, 1.165) is 21.3 Å². The van der Waals surface area contributed by atoms with Crippen LogP contribution in [0.25, 0.3) is 0 Å². The molecule has 3 aromatic rings. The van der Waals surface area contributed by atoms with Crippen molar-refractivity contribution in [1.82, 2.24) is 14.8 Å². The van der Waals surface area contributed by atoms with Gasteiger partial charge in [0.05, 0.1) is 14.2 Å². The van der Waals surface area contributed by atoms with Crippen LogP contribution in [0.2, 0.25) is 0 Å². The van der Waals surface area contributed by atoms with Crippen molar-refractivity contribution >= 4 is 33.6 Å². The van der Waals surface area contributed by atoms with Crippen molar-refractivity contribution in [3.63, 3.8) is 0 Å². The second-order valence-corrected chi connectivity index (χ2v) is 8.77. The summed E-state index contributed by atoms with van der Waals surface area (Å²) in [5, 5.41) is 7.69. The van der Waals surface area contributed by atoms with E-state index in [1.807, 2.05) is 42.5 Å². The molecule has 2 aliphatic rings. The lowest BCUT2D eigenvalue weighted by molar-refractivity contribution is -0.116. The standard InChI is InChI=1S/C23H22BrN5O3/c1-31-18-7-6-12(11-19(18)32-2)14-9-16-20(17(30)10-14)21(13-4-3-5-15(24)8-13)29-23(26-16)27-22(25)28-29/h3-8,11,14,21H,9-10H2,1-2H3,(H3,25,26,27,28)/t14-,21-/m1/s1. The highest BCUT2D eigenvalue weighted by Gasteiger charge is 2.39. The van der Waals surface area contributed by atoms with E-state index in [0.29, 0.717) is 35.9 Å². The molecule has 3 N–H and O–H groups in total. The summed E-state index contributed by atoms with van der Waals surface area (Å²) in [6.07, 6.45) is 1.05. The molecule has 1 aliphatic heterocycles. The van der Waals surface area contributed by atoms with Gasteiger partial charge in [0.15, 0.2) is 17.3 Å². The SMILES string of the molecule is COc1ccc([C@H]2CC(=O)C3=C(C2)Nc2nc(N)nn2[C@@H]3c2cccc(Br)c2)cc1OC. The molecule has 1 aliphatic carbocycles. The molecule has 2 atom stereocenters. The lowest BCUT2D eigenvalue weighted by atomic mass is 9.78. The number of ketones is 1. The van der Waals surface area contributed by atoms with E-state index in [-0.39, 0.29) is 23.7 Å². The highest BCUT2D eigenvalue weighted by molar-refractivity contribution is 9.10. The van der Waals surface area contributed by atoms with Crippen molar-refractivity contribution in [2.45, 2.75) is 24.8 Å². The summed E-state index contributed by atoms with van der Waals surface area (Å²) in [7, 11) is 3.21. The van der Waals surface area contributed by atoms with Crippen LogP contribution in [0.15, 0.2) is 58.2 Å². The second-order valence-electron chi connectivity index (χ2n) is 7.86. The number of nitrogens with zero attached hydrogens (tertiary/aromatic N) is 3. The minimum absolute atomic E-state index is 0.00327. The van der Waals surface area contributed by atoms with Crippen molar-refractivity contribution in [1.29, 1.82) is 0 Å². The fourth-order valence-corrected chi connectivity index (χ4v) is 4.97. The van der Waals surface area contributed by atoms with Crippen LogP contribution in [0.3, 0.4) is 0 Å². The van der Waals surface area contributed by atoms with Crippen LogP contribution < -0.4 is 20.5 Å². The first-order valence-electron chi connectivity index (χ1n) is 10.2. The summed E-state index contributed by atoms with van der Waals surface area (Å²) in [6.45, 7) is 0. The normalized spacial score (nSPS) is 19.8. The maximum Gasteiger partial charge on any atom is 0.241 e. The fourth-order valence-electron chi connectivity index (χ4n) is 4.56. The summed E-state index contributed by atoms with van der Waals surface area (Å²) in [5.41, 5.74) is 9.43. The van der Waals surface area contributed by atoms with Crippen LogP contribution in [0.1, 0.15) is 35.9 Å². The molecule has 5 rings (SSSR count). The summed E-state index contributed by atoms with van der Waals surface area (Å²) in [6, 6.07) is 13.3. The van der Waals surface area contributed by atoms with Crippen LogP contribution in [0, 0.1) is 0 Å². The number of anilines is 2. The first-order chi connectivity index (χ1) is 15.5. The van der Waals surface area contributed by atoms with E-state index >= 15 is 0 Å².